The van der Waals surface area contributed by atoms with Crippen LogP contribution in [0.2, 0.25) is 5.02 Å². The van der Waals surface area contributed by atoms with Crippen molar-refractivity contribution in [2.75, 3.05) is 10.6 Å². The minimum atomic E-state index is -1.39. The highest BCUT2D eigenvalue weighted by molar-refractivity contribution is 6.34. The number of carbonyl (C=O) groups excluding carboxylic acids is 3. The smallest absolute Gasteiger partial charge is 0.257 e. The predicted molar refractivity (Wildman–Crippen MR) is 105 cm³/mol. The molecule has 0 spiro atoms. The van der Waals surface area contributed by atoms with E-state index in [2.05, 4.69) is 10.6 Å². The van der Waals surface area contributed by atoms with E-state index in [1.54, 1.807) is 48.5 Å². The molecule has 0 radical (unpaired) electrons. The molecule has 2 amide bonds. The van der Waals surface area contributed by atoms with Crippen molar-refractivity contribution >= 4 is 40.8 Å². The number of rotatable bonds is 5. The van der Waals surface area contributed by atoms with Crippen molar-refractivity contribution in [3.63, 3.8) is 0 Å². The number of carboxylic acids is 1. The molecule has 0 aliphatic rings. The van der Waals surface area contributed by atoms with Gasteiger partial charge < -0.3 is 20.5 Å². The molecule has 0 fully saturated rings. The second-order valence-corrected chi connectivity index (χ2v) is 6.21. The van der Waals surface area contributed by atoms with Gasteiger partial charge in [-0.3, -0.25) is 9.59 Å². The van der Waals surface area contributed by atoms with Gasteiger partial charge in [0.05, 0.1) is 22.2 Å². The van der Waals surface area contributed by atoms with Gasteiger partial charge in [-0.05, 0) is 36.4 Å². The summed E-state index contributed by atoms with van der Waals surface area (Å²) in [6, 6.07) is 18.8. The first-order valence-electron chi connectivity index (χ1n) is 8.23. The summed E-state index contributed by atoms with van der Waals surface area (Å²) in [5.74, 6) is -2.33. The SMILES string of the molecule is O=C(Nc1ccccc1C(=O)[O-])c1cccc(NC(=O)c2ccccc2Cl)c1. The average Bonchev–Trinajstić information content (AvgIpc) is 2.68. The van der Waals surface area contributed by atoms with Crippen molar-refractivity contribution in [3.8, 4) is 0 Å². The molecule has 0 aliphatic heterocycles. The molecule has 0 aromatic heterocycles. The van der Waals surface area contributed by atoms with Crippen LogP contribution >= 0.6 is 11.6 Å². The van der Waals surface area contributed by atoms with Gasteiger partial charge in [-0.2, -0.15) is 0 Å². The van der Waals surface area contributed by atoms with Crippen LogP contribution in [0.3, 0.4) is 0 Å². The lowest BCUT2D eigenvalue weighted by molar-refractivity contribution is -0.254. The van der Waals surface area contributed by atoms with E-state index in [4.69, 9.17) is 11.6 Å². The lowest BCUT2D eigenvalue weighted by Gasteiger charge is -2.12. The van der Waals surface area contributed by atoms with Gasteiger partial charge in [-0.25, -0.2) is 0 Å². The molecule has 0 heterocycles. The first kappa shape index (κ1) is 19.1. The number of anilines is 2. The number of amides is 2. The molecule has 3 rings (SSSR count). The summed E-state index contributed by atoms with van der Waals surface area (Å²) in [4.78, 5) is 36.0. The number of aromatic carboxylic acids is 1. The van der Waals surface area contributed by atoms with Gasteiger partial charge in [0.2, 0.25) is 0 Å². The number of nitrogens with one attached hydrogen (secondary N) is 2. The Morgan fingerprint density at radius 1 is 0.750 bits per heavy atom. The van der Waals surface area contributed by atoms with Gasteiger partial charge in [-0.1, -0.05) is 48.0 Å². The molecular weight excluding hydrogens is 380 g/mol. The number of halogens is 1. The predicted octanol–water partition coefficient (Wildman–Crippen LogP) is 3.21. The number of para-hydroxylation sites is 1. The Labute approximate surface area is 165 Å². The van der Waals surface area contributed by atoms with E-state index in [0.717, 1.165) is 0 Å². The van der Waals surface area contributed by atoms with Gasteiger partial charge >= 0.3 is 0 Å². The van der Waals surface area contributed by atoms with Crippen LogP contribution in [0.5, 0.6) is 0 Å². The molecule has 0 saturated carbocycles. The van der Waals surface area contributed by atoms with Crippen LogP contribution in [0.4, 0.5) is 11.4 Å². The third-order valence-electron chi connectivity index (χ3n) is 3.90. The van der Waals surface area contributed by atoms with Gasteiger partial charge in [-0.15, -0.1) is 0 Å². The number of carbonyl (C=O) groups is 3. The molecule has 3 aromatic rings. The molecule has 3 aromatic carbocycles. The minimum absolute atomic E-state index is 0.123. The van der Waals surface area contributed by atoms with Crippen LogP contribution in [-0.2, 0) is 0 Å². The molecule has 2 N–H and O–H groups in total. The Kier molecular flexibility index (Phi) is 5.72. The lowest BCUT2D eigenvalue weighted by atomic mass is 10.1. The molecule has 0 saturated heterocycles. The number of carboxylic acid groups (broad SMARTS) is 1. The quantitative estimate of drug-likeness (QED) is 0.695. The minimum Gasteiger partial charge on any atom is -0.545 e. The maximum Gasteiger partial charge on any atom is 0.257 e. The van der Waals surface area contributed by atoms with E-state index in [0.29, 0.717) is 16.3 Å². The zero-order valence-electron chi connectivity index (χ0n) is 14.4. The monoisotopic (exact) mass is 393 g/mol. The van der Waals surface area contributed by atoms with Crippen LogP contribution in [-0.4, -0.2) is 17.8 Å². The van der Waals surface area contributed by atoms with Crippen molar-refractivity contribution in [2.45, 2.75) is 0 Å². The molecular formula is C21H14ClN2O4-. The zero-order chi connectivity index (χ0) is 20.1. The Morgan fingerprint density at radius 2 is 1.43 bits per heavy atom. The second-order valence-electron chi connectivity index (χ2n) is 5.80. The third-order valence-corrected chi connectivity index (χ3v) is 4.23. The number of benzene rings is 3. The number of hydrogen-bond acceptors (Lipinski definition) is 4. The van der Waals surface area contributed by atoms with Crippen molar-refractivity contribution in [2.24, 2.45) is 0 Å². The molecule has 6 nitrogen and oxygen atoms in total. The molecule has 0 unspecified atom stereocenters. The summed E-state index contributed by atoms with van der Waals surface area (Å²) < 4.78 is 0. The highest BCUT2D eigenvalue weighted by Gasteiger charge is 2.13. The van der Waals surface area contributed by atoms with Crippen LogP contribution in [0.1, 0.15) is 31.1 Å². The fourth-order valence-electron chi connectivity index (χ4n) is 2.55. The first-order valence-corrected chi connectivity index (χ1v) is 8.61. The maximum atomic E-state index is 12.5. The van der Waals surface area contributed by atoms with E-state index in [9.17, 15) is 19.5 Å². The van der Waals surface area contributed by atoms with Crippen molar-refractivity contribution in [1.29, 1.82) is 0 Å². The van der Waals surface area contributed by atoms with E-state index < -0.39 is 17.8 Å². The van der Waals surface area contributed by atoms with E-state index >= 15 is 0 Å². The second kappa shape index (κ2) is 8.37. The fourth-order valence-corrected chi connectivity index (χ4v) is 2.77. The first-order chi connectivity index (χ1) is 13.5. The molecule has 0 atom stereocenters. The summed E-state index contributed by atoms with van der Waals surface area (Å²) in [6.07, 6.45) is 0. The molecule has 28 heavy (non-hydrogen) atoms. The van der Waals surface area contributed by atoms with Crippen LogP contribution < -0.4 is 15.7 Å². The van der Waals surface area contributed by atoms with Crippen LogP contribution in [0.25, 0.3) is 0 Å². The van der Waals surface area contributed by atoms with Gasteiger partial charge in [0.15, 0.2) is 0 Å². The normalized spacial score (nSPS) is 10.2. The summed E-state index contributed by atoms with van der Waals surface area (Å²) in [5, 5.41) is 16.7. The third kappa shape index (κ3) is 4.36. The zero-order valence-corrected chi connectivity index (χ0v) is 15.2. The number of hydrogen-bond donors (Lipinski definition) is 2. The van der Waals surface area contributed by atoms with Crippen LogP contribution in [0.15, 0.2) is 72.8 Å². The van der Waals surface area contributed by atoms with Crippen molar-refractivity contribution < 1.29 is 19.5 Å². The van der Waals surface area contributed by atoms with Gasteiger partial charge in [0, 0.05) is 16.8 Å². The largest absolute Gasteiger partial charge is 0.545 e. The summed E-state index contributed by atoms with van der Waals surface area (Å²) in [6.45, 7) is 0. The Hall–Kier alpha value is -3.64. The summed E-state index contributed by atoms with van der Waals surface area (Å²) in [7, 11) is 0. The van der Waals surface area contributed by atoms with Crippen molar-refractivity contribution in [1.82, 2.24) is 0 Å². The highest BCUT2D eigenvalue weighted by Crippen LogP contribution is 2.19. The van der Waals surface area contributed by atoms with E-state index in [1.807, 2.05) is 0 Å². The maximum absolute atomic E-state index is 12.5. The topological polar surface area (TPSA) is 98.3 Å². The van der Waals surface area contributed by atoms with Gasteiger partial charge in [0.25, 0.3) is 11.8 Å². The van der Waals surface area contributed by atoms with Crippen LogP contribution in [0, 0.1) is 0 Å². The van der Waals surface area contributed by atoms with Crippen molar-refractivity contribution in [3.05, 3.63) is 94.5 Å². The highest BCUT2D eigenvalue weighted by atomic mass is 35.5. The Bertz CT molecular complexity index is 1070. The summed E-state index contributed by atoms with van der Waals surface area (Å²) in [5.41, 5.74) is 0.940. The van der Waals surface area contributed by atoms with E-state index in [1.165, 1.54) is 24.3 Å². The molecule has 7 heteroatoms. The molecule has 0 bridgehead atoms. The Balaban J connectivity index is 1.78. The lowest BCUT2D eigenvalue weighted by Crippen LogP contribution is -2.24. The molecule has 140 valence electrons. The standard InChI is InChI=1S/C21H15ClN2O4/c22-17-10-3-1-8-15(17)20(26)23-14-7-5-6-13(12-14)19(25)24-18-11-4-2-9-16(18)21(27)28/h1-12H,(H,23,26)(H,24,25)(H,27,28)/p-1. The fraction of sp³-hybridized carbons (Fsp3) is 0. The van der Waals surface area contributed by atoms with E-state index in [-0.39, 0.29) is 16.8 Å². The average molecular weight is 394 g/mol. The van der Waals surface area contributed by atoms with Gasteiger partial charge in [0.1, 0.15) is 0 Å². The molecule has 0 aliphatic carbocycles. The summed E-state index contributed by atoms with van der Waals surface area (Å²) >= 11 is 6.02. The Morgan fingerprint density at radius 3 is 2.14 bits per heavy atom.